The van der Waals surface area contributed by atoms with Crippen LogP contribution in [0, 0.1) is 11.8 Å². The van der Waals surface area contributed by atoms with Gasteiger partial charge in [-0.2, -0.15) is 0 Å². The van der Waals surface area contributed by atoms with Crippen molar-refractivity contribution in [3.8, 4) is 0 Å². The summed E-state index contributed by atoms with van der Waals surface area (Å²) in [6.45, 7) is 3.06. The molecule has 6 heteroatoms. The van der Waals surface area contributed by atoms with Crippen LogP contribution in [0.1, 0.15) is 70.6 Å². The maximum absolute atomic E-state index is 12.9. The Kier molecular flexibility index (Phi) is 6.76. The maximum Gasteiger partial charge on any atom is 0.313 e. The van der Waals surface area contributed by atoms with Crippen LogP contribution in [0.25, 0.3) is 0 Å². The van der Waals surface area contributed by atoms with E-state index in [9.17, 15) is 9.59 Å². The molecule has 4 rings (SSSR count). The molecule has 0 aromatic carbocycles. The van der Waals surface area contributed by atoms with Crippen molar-refractivity contribution in [1.82, 2.24) is 0 Å². The first-order chi connectivity index (χ1) is 12.5. The Bertz CT molecular complexity index is 558. The van der Waals surface area contributed by atoms with E-state index in [0.29, 0.717) is 18.6 Å². The van der Waals surface area contributed by atoms with Gasteiger partial charge in [0, 0.05) is 12.3 Å². The Hall–Kier alpha value is -0.370. The fourth-order valence-corrected chi connectivity index (χ4v) is 6.31. The van der Waals surface area contributed by atoms with Crippen molar-refractivity contribution in [3.05, 3.63) is 0 Å². The van der Waals surface area contributed by atoms with Gasteiger partial charge >= 0.3 is 11.9 Å². The number of hydrogen-bond acceptors (Lipinski definition) is 4. The lowest BCUT2D eigenvalue weighted by molar-refractivity contribution is -0.947. The molecule has 3 saturated heterocycles. The molecule has 0 radical (unpaired) electrons. The molecule has 154 valence electrons. The van der Waals surface area contributed by atoms with Crippen LogP contribution in [-0.2, 0) is 19.1 Å². The molecule has 5 nitrogen and oxygen atoms in total. The first-order valence-corrected chi connectivity index (χ1v) is 10.8. The molecule has 4 fully saturated rings. The Labute approximate surface area is 180 Å². The Balaban J connectivity index is 0.00000210. The highest BCUT2D eigenvalue weighted by atomic mass is 127. The Morgan fingerprint density at radius 3 is 2.63 bits per heavy atom. The third kappa shape index (κ3) is 4.16. The Morgan fingerprint density at radius 2 is 1.85 bits per heavy atom. The molecule has 0 N–H and O–H groups in total. The molecule has 27 heavy (non-hydrogen) atoms. The van der Waals surface area contributed by atoms with E-state index in [0.717, 1.165) is 36.6 Å². The van der Waals surface area contributed by atoms with Gasteiger partial charge < -0.3 is 37.9 Å². The number of fused-ring (bicyclic) bond motifs is 1. The minimum absolute atomic E-state index is 0. The molecular formula is C21H34INO4. The average Bonchev–Trinajstić information content (AvgIpc) is 2.95. The van der Waals surface area contributed by atoms with Crippen LogP contribution in [0.4, 0.5) is 0 Å². The highest BCUT2D eigenvalue weighted by Crippen LogP contribution is 2.45. The summed E-state index contributed by atoms with van der Waals surface area (Å²) >= 11 is 0. The molecule has 0 aromatic rings. The lowest BCUT2D eigenvalue weighted by Gasteiger charge is -2.51. The van der Waals surface area contributed by atoms with Gasteiger partial charge in [0.2, 0.25) is 0 Å². The quantitative estimate of drug-likeness (QED) is 0.322. The number of esters is 2. The molecule has 0 aromatic heterocycles. The minimum Gasteiger partial charge on any atom is -1.00 e. The summed E-state index contributed by atoms with van der Waals surface area (Å²) in [5, 5.41) is 0. The molecule has 3 heterocycles. The van der Waals surface area contributed by atoms with Crippen molar-refractivity contribution in [2.75, 3.05) is 26.7 Å². The van der Waals surface area contributed by atoms with Gasteiger partial charge in [0.25, 0.3) is 0 Å². The van der Waals surface area contributed by atoms with Gasteiger partial charge in [-0.1, -0.05) is 6.42 Å². The summed E-state index contributed by atoms with van der Waals surface area (Å²) in [4.78, 5) is 24.8. The van der Waals surface area contributed by atoms with Crippen molar-refractivity contribution in [2.24, 2.45) is 11.8 Å². The average molecular weight is 491 g/mol. The summed E-state index contributed by atoms with van der Waals surface area (Å²) in [6.07, 6.45) is 11.4. The third-order valence-corrected chi connectivity index (χ3v) is 7.75. The van der Waals surface area contributed by atoms with Crippen molar-refractivity contribution in [3.63, 3.8) is 0 Å². The van der Waals surface area contributed by atoms with Gasteiger partial charge in [-0.05, 0) is 51.4 Å². The van der Waals surface area contributed by atoms with Crippen LogP contribution < -0.4 is 24.0 Å². The number of ether oxygens (including phenoxy) is 2. The first kappa shape index (κ1) is 21.3. The monoisotopic (exact) mass is 491 g/mol. The normalized spacial score (nSPS) is 37.8. The van der Waals surface area contributed by atoms with Crippen molar-refractivity contribution < 1.29 is 47.5 Å². The van der Waals surface area contributed by atoms with E-state index in [-0.39, 0.29) is 48.3 Å². The second kappa shape index (κ2) is 8.56. The van der Waals surface area contributed by atoms with Crippen LogP contribution in [0.3, 0.4) is 0 Å². The van der Waals surface area contributed by atoms with Crippen molar-refractivity contribution in [2.45, 2.75) is 82.3 Å². The molecule has 1 saturated carbocycles. The van der Waals surface area contributed by atoms with Gasteiger partial charge in [0.05, 0.1) is 39.2 Å². The highest BCUT2D eigenvalue weighted by Gasteiger charge is 2.54. The van der Waals surface area contributed by atoms with Crippen LogP contribution in [-0.4, -0.2) is 54.8 Å². The number of carbonyl (C=O) groups is 2. The number of carbonyl (C=O) groups excluding carboxylic acids is 2. The third-order valence-electron chi connectivity index (χ3n) is 7.75. The van der Waals surface area contributed by atoms with Crippen molar-refractivity contribution in [1.29, 1.82) is 0 Å². The molecule has 4 atom stereocenters. The maximum atomic E-state index is 12.9. The predicted molar refractivity (Wildman–Crippen MR) is 97.3 cm³/mol. The van der Waals surface area contributed by atoms with Gasteiger partial charge in [-0.15, -0.1) is 0 Å². The summed E-state index contributed by atoms with van der Waals surface area (Å²) in [5.74, 6) is -0.319. The largest absolute Gasteiger partial charge is 1.00 e. The van der Waals surface area contributed by atoms with E-state index in [1.165, 1.54) is 45.2 Å². The fourth-order valence-electron chi connectivity index (χ4n) is 6.31. The second-order valence-electron chi connectivity index (χ2n) is 9.38. The lowest BCUT2D eigenvalue weighted by atomic mass is 9.76. The van der Waals surface area contributed by atoms with Gasteiger partial charge in [-0.3, -0.25) is 9.59 Å². The molecule has 3 aliphatic heterocycles. The zero-order valence-corrected chi connectivity index (χ0v) is 18.7. The van der Waals surface area contributed by atoms with Gasteiger partial charge in [0.15, 0.2) is 0 Å². The van der Waals surface area contributed by atoms with Gasteiger partial charge in [0.1, 0.15) is 11.5 Å². The number of nitrogens with zero attached hydrogens (tertiary/aromatic N) is 1. The second-order valence-corrected chi connectivity index (χ2v) is 9.38. The van der Waals surface area contributed by atoms with E-state index in [2.05, 4.69) is 7.05 Å². The predicted octanol–water partition coefficient (Wildman–Crippen LogP) is 0.209. The topological polar surface area (TPSA) is 52.6 Å². The number of quaternary nitrogens is 1. The molecular weight excluding hydrogens is 457 g/mol. The summed E-state index contributed by atoms with van der Waals surface area (Å²) in [5.41, 5.74) is -0.561. The molecule has 0 bridgehead atoms. The molecule has 1 aliphatic carbocycles. The fraction of sp³-hybridized carbons (Fsp3) is 0.905. The number of rotatable bonds is 3. The van der Waals surface area contributed by atoms with Gasteiger partial charge in [-0.25, -0.2) is 0 Å². The molecule has 4 aliphatic rings. The van der Waals surface area contributed by atoms with E-state index < -0.39 is 5.60 Å². The highest BCUT2D eigenvalue weighted by molar-refractivity contribution is 5.84. The SMILES string of the molecule is C[N+]12CCCC[C@H]1[C@@H](COC(=O)C1CC(=O)OC13CCCCC3)CCC2.[I-]. The number of piperidine rings is 2. The smallest absolute Gasteiger partial charge is 0.313 e. The number of hydrogen-bond donors (Lipinski definition) is 0. The molecule has 0 amide bonds. The Morgan fingerprint density at radius 1 is 1.11 bits per heavy atom. The summed E-state index contributed by atoms with van der Waals surface area (Å²) in [7, 11) is 2.39. The van der Waals surface area contributed by atoms with E-state index >= 15 is 0 Å². The standard InChI is InChI=1S/C21H34NO4.HI/c1-22-12-6-3-9-18(22)16(8-7-13-22)15-25-20(24)17-14-19(23)26-21(17)10-4-2-5-11-21;/h16-18H,2-15H2,1H3;1H/q+1;/p-1/t16-,17?,18+,22?;/m1./s1. The van der Waals surface area contributed by atoms with Crippen LogP contribution in [0.5, 0.6) is 0 Å². The van der Waals surface area contributed by atoms with E-state index in [1.807, 2.05) is 0 Å². The van der Waals surface area contributed by atoms with E-state index in [4.69, 9.17) is 9.47 Å². The molecule has 1 spiro atoms. The zero-order chi connectivity index (χ0) is 18.2. The van der Waals surface area contributed by atoms with Crippen LogP contribution in [0.2, 0.25) is 0 Å². The van der Waals surface area contributed by atoms with Crippen LogP contribution >= 0.6 is 0 Å². The first-order valence-electron chi connectivity index (χ1n) is 10.8. The van der Waals surface area contributed by atoms with Crippen molar-refractivity contribution >= 4 is 11.9 Å². The number of halogens is 1. The minimum atomic E-state index is -0.561. The van der Waals surface area contributed by atoms with Crippen LogP contribution in [0.15, 0.2) is 0 Å². The van der Waals surface area contributed by atoms with E-state index in [1.54, 1.807) is 0 Å². The zero-order valence-electron chi connectivity index (χ0n) is 16.6. The lowest BCUT2D eigenvalue weighted by Crippen LogP contribution is -3.00. The summed E-state index contributed by atoms with van der Waals surface area (Å²) in [6, 6.07) is 0.635. The molecule has 2 unspecified atom stereocenters. The summed E-state index contributed by atoms with van der Waals surface area (Å²) < 4.78 is 12.7.